The summed E-state index contributed by atoms with van der Waals surface area (Å²) < 4.78 is 67.8. The van der Waals surface area contributed by atoms with Crippen molar-refractivity contribution in [3.63, 3.8) is 0 Å². The molecular formula is C62H120O17P2. The van der Waals surface area contributed by atoms with Crippen LogP contribution < -0.4 is 0 Å². The zero-order valence-corrected chi connectivity index (χ0v) is 53.9. The molecule has 0 heterocycles. The van der Waals surface area contributed by atoms with Gasteiger partial charge in [0.05, 0.1) is 26.4 Å². The third kappa shape index (κ3) is 56.9. The van der Waals surface area contributed by atoms with E-state index in [0.717, 1.165) is 102 Å². The van der Waals surface area contributed by atoms with Crippen LogP contribution in [-0.2, 0) is 65.4 Å². The van der Waals surface area contributed by atoms with Gasteiger partial charge in [0, 0.05) is 25.7 Å². The number of aliphatic hydroxyl groups is 1. The molecule has 0 radical (unpaired) electrons. The van der Waals surface area contributed by atoms with Crippen LogP contribution in [0.25, 0.3) is 0 Å². The number of phosphoric ester groups is 2. The Morgan fingerprint density at radius 2 is 0.568 bits per heavy atom. The quantitative estimate of drug-likeness (QED) is 0.0222. The van der Waals surface area contributed by atoms with Crippen LogP contribution in [0.15, 0.2) is 0 Å². The second kappa shape index (κ2) is 54.7. The molecule has 0 aromatic carbocycles. The molecule has 0 aromatic rings. The fourth-order valence-electron chi connectivity index (χ4n) is 9.18. The van der Waals surface area contributed by atoms with E-state index in [0.29, 0.717) is 31.6 Å². The van der Waals surface area contributed by atoms with Crippen molar-refractivity contribution >= 4 is 39.5 Å². The van der Waals surface area contributed by atoms with Crippen LogP contribution in [0.3, 0.4) is 0 Å². The molecule has 5 atom stereocenters. The van der Waals surface area contributed by atoms with Gasteiger partial charge >= 0.3 is 39.5 Å². The van der Waals surface area contributed by atoms with Crippen molar-refractivity contribution in [3.8, 4) is 0 Å². The van der Waals surface area contributed by atoms with Crippen molar-refractivity contribution in [2.75, 3.05) is 39.6 Å². The first-order valence-corrected chi connectivity index (χ1v) is 35.5. The zero-order valence-electron chi connectivity index (χ0n) is 52.1. The van der Waals surface area contributed by atoms with E-state index in [2.05, 4.69) is 41.5 Å². The van der Waals surface area contributed by atoms with Crippen molar-refractivity contribution < 1.29 is 80.2 Å². The molecule has 0 fully saturated rings. The van der Waals surface area contributed by atoms with Gasteiger partial charge in [-0.3, -0.25) is 37.3 Å². The second-order valence-corrected chi connectivity index (χ2v) is 26.3. The minimum absolute atomic E-state index is 0.102. The van der Waals surface area contributed by atoms with Crippen molar-refractivity contribution in [2.24, 2.45) is 11.8 Å². The molecular weight excluding hydrogens is 1080 g/mol. The van der Waals surface area contributed by atoms with Gasteiger partial charge in [-0.25, -0.2) is 9.13 Å². The summed E-state index contributed by atoms with van der Waals surface area (Å²) in [6, 6.07) is 0. The summed E-state index contributed by atoms with van der Waals surface area (Å²) in [7, 11) is -9.88. The van der Waals surface area contributed by atoms with Gasteiger partial charge in [-0.05, 0) is 37.5 Å². The minimum Gasteiger partial charge on any atom is -0.462 e. The van der Waals surface area contributed by atoms with Crippen LogP contribution in [0.5, 0.6) is 0 Å². The van der Waals surface area contributed by atoms with Crippen molar-refractivity contribution in [2.45, 2.75) is 323 Å². The van der Waals surface area contributed by atoms with Crippen LogP contribution in [0.2, 0.25) is 0 Å². The lowest BCUT2D eigenvalue weighted by atomic mass is 10.0. The van der Waals surface area contributed by atoms with Gasteiger partial charge < -0.3 is 33.8 Å². The third-order valence-corrected chi connectivity index (χ3v) is 16.1. The van der Waals surface area contributed by atoms with Gasteiger partial charge in [0.25, 0.3) is 0 Å². The zero-order chi connectivity index (χ0) is 60.1. The van der Waals surface area contributed by atoms with Crippen LogP contribution >= 0.6 is 15.6 Å². The van der Waals surface area contributed by atoms with E-state index in [1.54, 1.807) is 0 Å². The number of rotatable bonds is 61. The molecule has 480 valence electrons. The fraction of sp³-hybridized carbons (Fsp3) is 0.935. The lowest BCUT2D eigenvalue weighted by Gasteiger charge is -2.21. The lowest BCUT2D eigenvalue weighted by Crippen LogP contribution is -2.30. The summed E-state index contributed by atoms with van der Waals surface area (Å²) in [5.74, 6) is -0.746. The Labute approximate surface area is 492 Å². The molecule has 0 aromatic heterocycles. The fourth-order valence-corrected chi connectivity index (χ4v) is 10.8. The Hall–Kier alpha value is -1.94. The van der Waals surface area contributed by atoms with Crippen LogP contribution in [0, 0.1) is 11.8 Å². The van der Waals surface area contributed by atoms with E-state index in [1.165, 1.54) is 116 Å². The number of carbonyl (C=O) groups is 4. The summed E-state index contributed by atoms with van der Waals surface area (Å²) in [6.07, 6.45) is 36.4. The van der Waals surface area contributed by atoms with Crippen LogP contribution in [0.1, 0.15) is 305 Å². The smallest absolute Gasteiger partial charge is 0.462 e. The maximum Gasteiger partial charge on any atom is 0.472 e. The number of unbranched alkanes of at least 4 members (excludes halogenated alkanes) is 31. The average molecular weight is 1200 g/mol. The topological polar surface area (TPSA) is 237 Å². The van der Waals surface area contributed by atoms with Crippen LogP contribution in [0.4, 0.5) is 0 Å². The van der Waals surface area contributed by atoms with E-state index in [1.807, 2.05) is 0 Å². The predicted octanol–water partition coefficient (Wildman–Crippen LogP) is 16.9. The van der Waals surface area contributed by atoms with E-state index in [9.17, 15) is 43.2 Å². The van der Waals surface area contributed by atoms with Gasteiger partial charge in [0.2, 0.25) is 0 Å². The van der Waals surface area contributed by atoms with Gasteiger partial charge in [-0.2, -0.15) is 0 Å². The molecule has 0 aliphatic carbocycles. The van der Waals surface area contributed by atoms with Gasteiger partial charge in [-0.15, -0.1) is 0 Å². The normalized spacial score (nSPS) is 14.4. The van der Waals surface area contributed by atoms with E-state index in [-0.39, 0.29) is 25.7 Å². The summed E-state index contributed by atoms with van der Waals surface area (Å²) >= 11 is 0. The highest BCUT2D eigenvalue weighted by Crippen LogP contribution is 2.45. The van der Waals surface area contributed by atoms with E-state index in [4.69, 9.17) is 37.0 Å². The molecule has 0 spiro atoms. The monoisotopic (exact) mass is 1200 g/mol. The summed E-state index contributed by atoms with van der Waals surface area (Å²) in [5, 5.41) is 10.5. The van der Waals surface area contributed by atoms with Gasteiger partial charge in [0.15, 0.2) is 12.2 Å². The minimum atomic E-state index is -4.94. The molecule has 81 heavy (non-hydrogen) atoms. The summed E-state index contributed by atoms with van der Waals surface area (Å²) in [4.78, 5) is 72.0. The number of hydrogen-bond donors (Lipinski definition) is 3. The first-order chi connectivity index (χ1) is 38.9. The molecule has 19 heteroatoms. The predicted molar refractivity (Wildman–Crippen MR) is 321 cm³/mol. The highest BCUT2D eigenvalue weighted by molar-refractivity contribution is 7.47. The maximum absolute atomic E-state index is 13.0. The molecule has 0 bridgehead atoms. The molecule has 0 aliphatic heterocycles. The Morgan fingerprint density at radius 3 is 0.840 bits per heavy atom. The SMILES string of the molecule is CCCCCCCCCCCCCCCC(=O)O[C@H](COC(=O)CCCCCCCCCCC(C)C)COP(=O)(O)OC[C@@H](O)COP(=O)(O)OC[C@@H](COC(=O)CCCCCCCCCC)OC(=O)CCCCCCCCC(C)C. The number of carbonyl (C=O) groups excluding carboxylic acids is 4. The highest BCUT2D eigenvalue weighted by atomic mass is 31.2. The summed E-state index contributed by atoms with van der Waals surface area (Å²) in [5.41, 5.74) is 0. The first-order valence-electron chi connectivity index (χ1n) is 32.5. The highest BCUT2D eigenvalue weighted by Gasteiger charge is 2.30. The Bertz CT molecular complexity index is 1600. The molecule has 2 unspecified atom stereocenters. The Kier molecular flexibility index (Phi) is 53.4. The van der Waals surface area contributed by atoms with Crippen LogP contribution in [-0.4, -0.2) is 96.7 Å². The molecule has 0 rings (SSSR count). The maximum atomic E-state index is 13.0. The number of phosphoric acid groups is 2. The van der Waals surface area contributed by atoms with E-state index < -0.39 is 97.5 Å². The molecule has 3 N–H and O–H groups in total. The number of esters is 4. The first kappa shape index (κ1) is 79.1. The molecule has 0 amide bonds. The molecule has 0 aliphatic rings. The average Bonchev–Trinajstić information content (AvgIpc) is 3.42. The number of hydrogen-bond acceptors (Lipinski definition) is 15. The summed E-state index contributed by atoms with van der Waals surface area (Å²) in [6.45, 7) is 9.33. The number of ether oxygens (including phenoxy) is 4. The molecule has 0 saturated carbocycles. The van der Waals surface area contributed by atoms with Crippen molar-refractivity contribution in [1.29, 1.82) is 0 Å². The van der Waals surface area contributed by atoms with E-state index >= 15 is 0 Å². The standard InChI is InChI=1S/C62H120O17P2/c1-7-9-11-13-15-17-18-19-20-21-27-34-40-46-61(66)78-57(50-73-60(65)45-39-33-26-23-22-24-30-36-42-54(3)4)52-76-80(68,69)74-48-56(63)49-75-81(70,71)77-53-58(51-72-59(64)44-38-32-25-16-14-12-10-8-2)79-62(67)47-41-35-29-28-31-37-43-55(5)6/h54-58,63H,7-53H2,1-6H3,(H,68,69)(H,70,71)/t56-,57-,58-/m1/s1. The number of aliphatic hydroxyl groups excluding tert-OH is 1. The molecule has 0 saturated heterocycles. The second-order valence-electron chi connectivity index (χ2n) is 23.4. The van der Waals surface area contributed by atoms with Crippen molar-refractivity contribution in [3.05, 3.63) is 0 Å². The lowest BCUT2D eigenvalue weighted by molar-refractivity contribution is -0.161. The van der Waals surface area contributed by atoms with Crippen molar-refractivity contribution in [1.82, 2.24) is 0 Å². The Morgan fingerprint density at radius 1 is 0.333 bits per heavy atom. The van der Waals surface area contributed by atoms with Gasteiger partial charge in [-0.1, -0.05) is 253 Å². The molecule has 17 nitrogen and oxygen atoms in total. The largest absolute Gasteiger partial charge is 0.472 e. The third-order valence-electron chi connectivity index (χ3n) is 14.2. The Balaban J connectivity index is 5.23. The van der Waals surface area contributed by atoms with Gasteiger partial charge in [0.1, 0.15) is 19.3 Å².